The molecule has 1 aliphatic heterocycles. The van der Waals surface area contributed by atoms with E-state index in [4.69, 9.17) is 22.1 Å². The van der Waals surface area contributed by atoms with Crippen LogP contribution < -0.4 is 15.4 Å². The SMILES string of the molecule is NC(=O)c1cc(Cl)nnc1N1CCC(Oc2ccc(F)cc2)CC1. The molecule has 0 unspecified atom stereocenters. The molecule has 2 heterocycles. The fourth-order valence-electron chi connectivity index (χ4n) is 2.67. The summed E-state index contributed by atoms with van der Waals surface area (Å²) in [5, 5.41) is 7.92. The maximum absolute atomic E-state index is 12.9. The number of nitrogens with zero attached hydrogens (tertiary/aromatic N) is 3. The van der Waals surface area contributed by atoms with Crippen LogP contribution in [0.25, 0.3) is 0 Å². The zero-order chi connectivity index (χ0) is 17.1. The van der Waals surface area contributed by atoms with Gasteiger partial charge in [0.15, 0.2) is 11.0 Å². The highest BCUT2D eigenvalue weighted by atomic mass is 35.5. The van der Waals surface area contributed by atoms with E-state index in [-0.39, 0.29) is 22.6 Å². The molecule has 0 atom stereocenters. The molecule has 0 bridgehead atoms. The molecule has 1 aliphatic rings. The number of ether oxygens (including phenoxy) is 1. The van der Waals surface area contributed by atoms with Gasteiger partial charge < -0.3 is 15.4 Å². The zero-order valence-electron chi connectivity index (χ0n) is 12.8. The highest BCUT2D eigenvalue weighted by molar-refractivity contribution is 6.29. The van der Waals surface area contributed by atoms with Crippen molar-refractivity contribution in [3.63, 3.8) is 0 Å². The van der Waals surface area contributed by atoms with Gasteiger partial charge in [0.1, 0.15) is 17.7 Å². The minimum atomic E-state index is -0.591. The van der Waals surface area contributed by atoms with Gasteiger partial charge in [0, 0.05) is 25.9 Å². The van der Waals surface area contributed by atoms with E-state index in [1.54, 1.807) is 12.1 Å². The number of amides is 1. The summed E-state index contributed by atoms with van der Waals surface area (Å²) in [6, 6.07) is 7.38. The summed E-state index contributed by atoms with van der Waals surface area (Å²) in [6.45, 7) is 1.28. The summed E-state index contributed by atoms with van der Waals surface area (Å²) in [7, 11) is 0. The number of carbonyl (C=O) groups is 1. The number of primary amides is 1. The van der Waals surface area contributed by atoms with Crippen LogP contribution >= 0.6 is 11.6 Å². The lowest BCUT2D eigenvalue weighted by atomic mass is 10.1. The Hall–Kier alpha value is -2.41. The number of hydrogen-bond acceptors (Lipinski definition) is 5. The van der Waals surface area contributed by atoms with Crippen LogP contribution in [0.2, 0.25) is 5.15 Å². The zero-order valence-corrected chi connectivity index (χ0v) is 13.5. The van der Waals surface area contributed by atoms with E-state index in [1.807, 2.05) is 4.90 Å². The Labute approximate surface area is 143 Å². The lowest BCUT2D eigenvalue weighted by Crippen LogP contribution is -2.39. The number of piperidine rings is 1. The van der Waals surface area contributed by atoms with E-state index in [1.165, 1.54) is 18.2 Å². The highest BCUT2D eigenvalue weighted by Gasteiger charge is 2.25. The second kappa shape index (κ2) is 7.00. The summed E-state index contributed by atoms with van der Waals surface area (Å²) in [5.41, 5.74) is 5.64. The normalized spacial score (nSPS) is 15.3. The Kier molecular flexibility index (Phi) is 4.80. The fraction of sp³-hybridized carbons (Fsp3) is 0.312. The Balaban J connectivity index is 1.65. The number of benzene rings is 1. The first kappa shape index (κ1) is 16.4. The fourth-order valence-corrected chi connectivity index (χ4v) is 2.81. The van der Waals surface area contributed by atoms with Crippen molar-refractivity contribution in [3.05, 3.63) is 46.9 Å². The second-order valence-corrected chi connectivity index (χ2v) is 5.91. The van der Waals surface area contributed by atoms with E-state index in [0.29, 0.717) is 24.7 Å². The Morgan fingerprint density at radius 1 is 1.25 bits per heavy atom. The molecule has 24 heavy (non-hydrogen) atoms. The summed E-state index contributed by atoms with van der Waals surface area (Å²) in [4.78, 5) is 13.5. The van der Waals surface area contributed by atoms with Crippen molar-refractivity contribution in [2.24, 2.45) is 5.73 Å². The van der Waals surface area contributed by atoms with Crippen molar-refractivity contribution in [1.82, 2.24) is 10.2 Å². The first-order valence-corrected chi connectivity index (χ1v) is 7.91. The molecule has 1 saturated heterocycles. The minimum absolute atomic E-state index is 0.0176. The van der Waals surface area contributed by atoms with E-state index < -0.39 is 5.91 Å². The highest BCUT2D eigenvalue weighted by Crippen LogP contribution is 2.25. The van der Waals surface area contributed by atoms with Crippen LogP contribution in [-0.4, -0.2) is 35.3 Å². The molecule has 0 radical (unpaired) electrons. The van der Waals surface area contributed by atoms with Crippen LogP contribution in [0.15, 0.2) is 30.3 Å². The Bertz CT molecular complexity index is 733. The number of carbonyl (C=O) groups excluding carboxylic acids is 1. The predicted molar refractivity (Wildman–Crippen MR) is 87.8 cm³/mol. The van der Waals surface area contributed by atoms with Gasteiger partial charge in [-0.3, -0.25) is 4.79 Å². The summed E-state index contributed by atoms with van der Waals surface area (Å²) < 4.78 is 18.8. The summed E-state index contributed by atoms with van der Waals surface area (Å²) >= 11 is 5.78. The quantitative estimate of drug-likeness (QED) is 0.915. The van der Waals surface area contributed by atoms with Gasteiger partial charge in [-0.25, -0.2) is 4.39 Å². The van der Waals surface area contributed by atoms with Gasteiger partial charge in [0.05, 0.1) is 5.56 Å². The third kappa shape index (κ3) is 3.73. The predicted octanol–water partition coefficient (Wildman–Crippen LogP) is 2.42. The van der Waals surface area contributed by atoms with Gasteiger partial charge in [-0.05, 0) is 30.3 Å². The molecule has 1 fully saturated rings. The molecule has 1 amide bonds. The van der Waals surface area contributed by atoms with Crippen LogP contribution in [0, 0.1) is 5.82 Å². The first-order chi connectivity index (χ1) is 11.5. The smallest absolute Gasteiger partial charge is 0.252 e. The van der Waals surface area contributed by atoms with Crippen molar-refractivity contribution in [1.29, 1.82) is 0 Å². The van der Waals surface area contributed by atoms with E-state index in [2.05, 4.69) is 10.2 Å². The molecule has 0 aliphatic carbocycles. The van der Waals surface area contributed by atoms with Gasteiger partial charge in [-0.2, -0.15) is 0 Å². The molecule has 6 nitrogen and oxygen atoms in total. The standard InChI is InChI=1S/C16H16ClFN4O2/c17-14-9-13(15(19)23)16(21-20-14)22-7-5-12(6-8-22)24-11-3-1-10(18)2-4-11/h1-4,9,12H,5-8H2,(H2,19,23). The molecule has 8 heteroatoms. The van der Waals surface area contributed by atoms with E-state index in [0.717, 1.165) is 12.8 Å². The minimum Gasteiger partial charge on any atom is -0.490 e. The van der Waals surface area contributed by atoms with E-state index >= 15 is 0 Å². The van der Waals surface area contributed by atoms with Gasteiger partial charge in [0.25, 0.3) is 5.91 Å². The van der Waals surface area contributed by atoms with Crippen LogP contribution in [0.5, 0.6) is 5.75 Å². The van der Waals surface area contributed by atoms with Crippen molar-refractivity contribution < 1.29 is 13.9 Å². The van der Waals surface area contributed by atoms with Gasteiger partial charge >= 0.3 is 0 Å². The summed E-state index contributed by atoms with van der Waals surface area (Å²) in [5.74, 6) is 0.190. The number of halogens is 2. The molecular formula is C16H16ClFN4O2. The maximum Gasteiger partial charge on any atom is 0.252 e. The molecule has 1 aromatic heterocycles. The van der Waals surface area contributed by atoms with Crippen LogP contribution in [0.4, 0.5) is 10.2 Å². The number of rotatable bonds is 4. The molecule has 0 spiro atoms. The third-order valence-electron chi connectivity index (χ3n) is 3.87. The van der Waals surface area contributed by atoms with Gasteiger partial charge in [0.2, 0.25) is 0 Å². The van der Waals surface area contributed by atoms with Crippen LogP contribution in [0.3, 0.4) is 0 Å². The number of aromatic nitrogens is 2. The van der Waals surface area contributed by atoms with E-state index in [9.17, 15) is 9.18 Å². The van der Waals surface area contributed by atoms with Gasteiger partial charge in [-0.15, -0.1) is 10.2 Å². The molecule has 3 rings (SSSR count). The largest absolute Gasteiger partial charge is 0.490 e. The van der Waals surface area contributed by atoms with Crippen molar-refractivity contribution in [3.8, 4) is 5.75 Å². The van der Waals surface area contributed by atoms with Crippen molar-refractivity contribution in [2.45, 2.75) is 18.9 Å². The lowest BCUT2D eigenvalue weighted by Gasteiger charge is -2.33. The average Bonchev–Trinajstić information content (AvgIpc) is 2.58. The third-order valence-corrected chi connectivity index (χ3v) is 4.05. The average molecular weight is 351 g/mol. The first-order valence-electron chi connectivity index (χ1n) is 7.53. The monoisotopic (exact) mass is 350 g/mol. The van der Waals surface area contributed by atoms with Crippen LogP contribution in [-0.2, 0) is 0 Å². The number of hydrogen-bond donors (Lipinski definition) is 1. The molecular weight excluding hydrogens is 335 g/mol. The molecule has 1 aromatic carbocycles. The number of nitrogens with two attached hydrogens (primary N) is 1. The second-order valence-electron chi connectivity index (χ2n) is 5.53. The van der Waals surface area contributed by atoms with Gasteiger partial charge in [-0.1, -0.05) is 11.6 Å². The van der Waals surface area contributed by atoms with Crippen LogP contribution in [0.1, 0.15) is 23.2 Å². The maximum atomic E-state index is 12.9. The molecule has 126 valence electrons. The topological polar surface area (TPSA) is 81.3 Å². The van der Waals surface area contributed by atoms with Crippen molar-refractivity contribution >= 4 is 23.3 Å². The molecule has 2 N–H and O–H groups in total. The number of anilines is 1. The Morgan fingerprint density at radius 2 is 1.92 bits per heavy atom. The van der Waals surface area contributed by atoms with Crippen molar-refractivity contribution in [2.75, 3.05) is 18.0 Å². The lowest BCUT2D eigenvalue weighted by molar-refractivity contribution is 0.1000. The molecule has 0 saturated carbocycles. The molecule has 2 aromatic rings. The Morgan fingerprint density at radius 3 is 2.54 bits per heavy atom. The summed E-state index contributed by atoms with van der Waals surface area (Å²) in [6.07, 6.45) is 1.49.